The van der Waals surface area contributed by atoms with Crippen LogP contribution >= 0.6 is 15.9 Å². The number of halogens is 1. The first-order chi connectivity index (χ1) is 25.6. The predicted molar refractivity (Wildman–Crippen MR) is 205 cm³/mol. The van der Waals surface area contributed by atoms with Crippen LogP contribution in [0.1, 0.15) is 108 Å². The zero-order chi connectivity index (χ0) is 37.1. The number of benzene rings is 2. The lowest BCUT2D eigenvalue weighted by Crippen LogP contribution is -2.76. The van der Waals surface area contributed by atoms with E-state index in [0.29, 0.717) is 25.7 Å². The number of carbonyl (C=O) groups excluding carboxylic acids is 2. The number of ether oxygens (including phenoxy) is 2. The van der Waals surface area contributed by atoms with Crippen LogP contribution < -0.4 is 14.8 Å². The first-order valence-corrected chi connectivity index (χ1v) is 20.8. The van der Waals surface area contributed by atoms with Gasteiger partial charge in [0, 0.05) is 50.9 Å². The Balaban J connectivity index is 0.000000130. The van der Waals surface area contributed by atoms with Gasteiger partial charge in [-0.1, -0.05) is 47.6 Å². The standard InChI is InChI=1S/C21H25NO3.C17H19NO3.C4H7Br.CH4.H2/c1-12-2-5-14-10-16-21(24)7-6-15(23)19-20(21,17(14)18(12)25-19)8-9-22(16)11-13-3-4-13;1-9-2-3-10-8-12-17(20)5-4-11(19)15-16(17,6-7-18-12)13(10)14(9)21-15;5-3-4-1-2-4;;/h2,5,13,16,19,24H,3-4,6-11H2,1H3;2-3,12,15,18,20H,4-8H2,1H3;4H,1-3H2;1H4;1H/t16-,19+,20+,21-;12-,15+,16+,17-;;;/m11.../s1/i;;;;1+1D. The maximum Gasteiger partial charge on any atom is 0.174 e. The van der Waals surface area contributed by atoms with Crippen molar-refractivity contribution in [3.8, 4) is 11.5 Å². The third-order valence-electron chi connectivity index (χ3n) is 15.0. The Labute approximate surface area is 319 Å². The van der Waals surface area contributed by atoms with Gasteiger partial charge >= 0.3 is 0 Å². The van der Waals surface area contributed by atoms with Gasteiger partial charge in [-0.25, -0.2) is 0 Å². The summed E-state index contributed by atoms with van der Waals surface area (Å²) in [6, 6.07) is 8.73. The van der Waals surface area contributed by atoms with Crippen molar-refractivity contribution >= 4 is 27.5 Å². The second-order valence-corrected chi connectivity index (χ2v) is 18.3. The Morgan fingerprint density at radius 3 is 1.94 bits per heavy atom. The van der Waals surface area contributed by atoms with E-state index in [9.17, 15) is 19.8 Å². The van der Waals surface area contributed by atoms with E-state index in [1.807, 2.05) is 6.92 Å². The number of Topliss-reactive ketones (excluding diaryl/α,β-unsaturated/α-hetero) is 2. The summed E-state index contributed by atoms with van der Waals surface area (Å²) in [5.41, 5.74) is 4.32. The molecule has 2 spiro atoms. The summed E-state index contributed by atoms with van der Waals surface area (Å²) in [6.45, 7) is 7.01. The quantitative estimate of drug-likeness (QED) is 0.336. The number of nitrogens with one attached hydrogen (secondary N) is 1. The van der Waals surface area contributed by atoms with Gasteiger partial charge in [0.2, 0.25) is 0 Å². The summed E-state index contributed by atoms with van der Waals surface area (Å²) in [6.07, 6.45) is 9.95. The van der Waals surface area contributed by atoms with Crippen LogP contribution in [0, 0.1) is 25.7 Å². The topological polar surface area (TPSA) is 108 Å². The van der Waals surface area contributed by atoms with Crippen molar-refractivity contribution in [3.63, 3.8) is 0 Å². The molecule has 0 radical (unpaired) electrons. The van der Waals surface area contributed by atoms with E-state index in [1.54, 1.807) is 0 Å². The maximum atomic E-state index is 12.8. The summed E-state index contributed by atoms with van der Waals surface area (Å²) in [7, 11) is 0. The Kier molecular flexibility index (Phi) is 7.96. The highest BCUT2D eigenvalue weighted by Gasteiger charge is 2.74. The van der Waals surface area contributed by atoms with Gasteiger partial charge in [0.15, 0.2) is 23.8 Å². The number of aryl methyl sites for hydroxylation is 2. The smallest absolute Gasteiger partial charge is 0.174 e. The minimum absolute atomic E-state index is 0. The van der Waals surface area contributed by atoms with Gasteiger partial charge in [0.25, 0.3) is 0 Å². The summed E-state index contributed by atoms with van der Waals surface area (Å²) >= 11 is 3.38. The summed E-state index contributed by atoms with van der Waals surface area (Å²) < 4.78 is 22.4. The molecule has 9 heteroatoms. The fourth-order valence-electron chi connectivity index (χ4n) is 12.1. The first kappa shape index (κ1) is 34.2. The van der Waals surface area contributed by atoms with Crippen LogP contribution in [0.3, 0.4) is 0 Å². The second kappa shape index (κ2) is 12.1. The van der Waals surface area contributed by atoms with Crippen LogP contribution in [-0.4, -0.2) is 87.1 Å². The molecule has 0 aromatic heterocycles. The average Bonchev–Trinajstić information content (AvgIpc) is 4.09. The molecule has 2 aromatic rings. The van der Waals surface area contributed by atoms with E-state index in [2.05, 4.69) is 57.3 Å². The van der Waals surface area contributed by atoms with Gasteiger partial charge in [-0.2, -0.15) is 0 Å². The summed E-state index contributed by atoms with van der Waals surface area (Å²) in [5, 5.41) is 28.3. The number of ketones is 2. The van der Waals surface area contributed by atoms with Crippen LogP contribution in [0.15, 0.2) is 24.3 Å². The first-order valence-electron chi connectivity index (χ1n) is 20.7. The van der Waals surface area contributed by atoms with Gasteiger partial charge in [0.05, 0.1) is 22.0 Å². The minimum atomic E-state index is -0.851. The molecule has 282 valence electrons. The molecule has 3 N–H and O–H groups in total. The van der Waals surface area contributed by atoms with Gasteiger partial charge in [0.1, 0.15) is 11.5 Å². The normalized spacial score (nSPS) is 39.5. The number of piperidine rings is 2. The number of hydrogen-bond acceptors (Lipinski definition) is 8. The lowest BCUT2D eigenvalue weighted by atomic mass is 9.49. The summed E-state index contributed by atoms with van der Waals surface area (Å²) in [4.78, 5) is 27.8. The molecule has 4 aliphatic heterocycles. The third-order valence-corrected chi connectivity index (χ3v) is 15.9. The monoisotopic (exact) mass is 778 g/mol. The van der Waals surface area contributed by atoms with Gasteiger partial charge in [-0.3, -0.25) is 14.5 Å². The fourth-order valence-corrected chi connectivity index (χ4v) is 12.7. The van der Waals surface area contributed by atoms with E-state index in [4.69, 9.17) is 12.4 Å². The highest BCUT2D eigenvalue weighted by molar-refractivity contribution is 9.09. The molecule has 8 atom stereocenters. The molecule has 4 saturated carbocycles. The van der Waals surface area contributed by atoms with Crippen molar-refractivity contribution in [1.29, 1.82) is 0 Å². The lowest BCUT2D eigenvalue weighted by molar-refractivity contribution is -0.188. The zero-order valence-electron chi connectivity index (χ0n) is 31.9. The van der Waals surface area contributed by atoms with Gasteiger partial charge in [-0.05, 0) is 125 Å². The van der Waals surface area contributed by atoms with Crippen LogP contribution in [0.4, 0.5) is 0 Å². The number of hydrogen-bond donors (Lipinski definition) is 3. The van der Waals surface area contributed by atoms with Crippen LogP contribution in [0.5, 0.6) is 11.5 Å². The van der Waals surface area contributed by atoms with Crippen LogP contribution in [0.2, 0.25) is 0 Å². The second-order valence-electron chi connectivity index (χ2n) is 17.7. The third kappa shape index (κ3) is 4.58. The molecular weight excluding hydrogens is 720 g/mol. The van der Waals surface area contributed by atoms with E-state index < -0.39 is 34.2 Å². The summed E-state index contributed by atoms with van der Waals surface area (Å²) in [5.74, 6) is 3.96. The van der Waals surface area contributed by atoms with E-state index in [1.165, 1.54) is 47.7 Å². The van der Waals surface area contributed by atoms with Crippen molar-refractivity contribution in [2.45, 2.75) is 145 Å². The van der Waals surface area contributed by atoms with Gasteiger partial charge < -0.3 is 25.0 Å². The number of nitrogens with zero attached hydrogens (tertiary/aromatic N) is 1. The Bertz CT molecular complexity index is 1850. The maximum absolute atomic E-state index is 12.8. The molecule has 2 aromatic carbocycles. The lowest BCUT2D eigenvalue weighted by Gasteiger charge is -2.62. The molecule has 10 aliphatic rings. The zero-order valence-corrected chi connectivity index (χ0v) is 31.5. The molecule has 6 fully saturated rings. The van der Waals surface area contributed by atoms with Crippen molar-refractivity contribution < 1.29 is 32.2 Å². The largest absolute Gasteiger partial charge is 0.481 e. The van der Waals surface area contributed by atoms with Crippen molar-refractivity contribution in [2.24, 2.45) is 11.8 Å². The van der Waals surface area contributed by atoms with Crippen molar-refractivity contribution in [2.75, 3.05) is 25.0 Å². The number of rotatable bonds is 3. The van der Waals surface area contributed by atoms with Crippen LogP contribution in [-0.2, 0) is 33.3 Å². The molecule has 2 saturated heterocycles. The number of carbonyl (C=O) groups is 2. The number of likely N-dealkylation sites (tertiary alicyclic amines) is 1. The highest BCUT2D eigenvalue weighted by atomic mass is 79.9. The van der Waals surface area contributed by atoms with Crippen molar-refractivity contribution in [3.05, 3.63) is 57.6 Å². The number of aliphatic hydroxyl groups is 2. The molecule has 12 rings (SSSR count). The molecule has 6 aliphatic carbocycles. The fraction of sp³-hybridized carbons (Fsp3) is 0.674. The minimum Gasteiger partial charge on any atom is -0.481 e. The molecule has 0 unspecified atom stereocenters. The molecule has 4 heterocycles. The van der Waals surface area contributed by atoms with Gasteiger partial charge in [-0.15, -0.1) is 0 Å². The predicted octanol–water partition coefficient (Wildman–Crippen LogP) is 5.81. The molecule has 4 bridgehead atoms. The molecule has 8 nitrogen and oxygen atoms in total. The highest BCUT2D eigenvalue weighted by Crippen LogP contribution is 2.65. The Morgan fingerprint density at radius 1 is 0.827 bits per heavy atom. The van der Waals surface area contributed by atoms with Crippen LogP contribution in [0.25, 0.3) is 0 Å². The Hall–Kier alpha value is -2.30. The van der Waals surface area contributed by atoms with E-state index in [0.717, 1.165) is 85.3 Å². The molecule has 0 amide bonds. The Morgan fingerprint density at radius 2 is 1.38 bits per heavy atom. The number of alkyl halides is 1. The van der Waals surface area contributed by atoms with E-state index in [-0.39, 0.29) is 31.1 Å². The van der Waals surface area contributed by atoms with Crippen molar-refractivity contribution in [1.82, 2.24) is 10.2 Å². The SMILES string of the molecule is BrCC1CC1.C.Cc1ccc2c3c1O[C@H]1C(=O)CC[C@@]4(O)[C@@H](C2)N(CC2CC2)CC[C@]314.Cc1ccc2c3c1O[C@H]1C(=O)CC[C@@]4(O)[C@@H](C2)NCC[C@]314.[2H][2H]. The van der Waals surface area contributed by atoms with E-state index >= 15 is 0 Å². The molecule has 52 heavy (non-hydrogen) atoms. The molecular formula is C43H57BrN2O6. The average molecular weight is 780 g/mol.